The fourth-order valence-electron chi connectivity index (χ4n) is 4.84. The Morgan fingerprint density at radius 2 is 1.62 bits per heavy atom. The maximum Gasteiger partial charge on any atom is 0.225 e. The molecule has 1 aliphatic heterocycles. The molecule has 0 saturated carbocycles. The summed E-state index contributed by atoms with van der Waals surface area (Å²) >= 11 is 0. The highest BCUT2D eigenvalue weighted by Gasteiger charge is 2.23. The lowest BCUT2D eigenvalue weighted by atomic mass is 10.0. The number of piperidine rings is 1. The SMILES string of the molecule is CCc1cnc(N2CCC(n3cc(C)c4cc(-c5ccc(S(C)(=O)=O)cc5)ccc43)CC2)nc1. The highest BCUT2D eigenvalue weighted by Crippen LogP contribution is 2.33. The molecule has 6 nitrogen and oxygen atoms in total. The van der Waals surface area contributed by atoms with Crippen molar-refractivity contribution in [3.63, 3.8) is 0 Å². The number of rotatable bonds is 5. The minimum Gasteiger partial charge on any atom is -0.344 e. The third-order valence-electron chi connectivity index (χ3n) is 6.89. The van der Waals surface area contributed by atoms with E-state index >= 15 is 0 Å². The Balaban J connectivity index is 1.36. The second kappa shape index (κ2) is 8.87. The molecule has 3 heterocycles. The Morgan fingerprint density at radius 1 is 0.971 bits per heavy atom. The maximum atomic E-state index is 11.8. The van der Waals surface area contributed by atoms with Crippen molar-refractivity contribution < 1.29 is 8.42 Å². The van der Waals surface area contributed by atoms with Crippen molar-refractivity contribution >= 4 is 26.7 Å². The molecule has 2 aromatic heterocycles. The lowest BCUT2D eigenvalue weighted by molar-refractivity contribution is 0.402. The predicted molar refractivity (Wildman–Crippen MR) is 137 cm³/mol. The molecule has 5 rings (SSSR count). The zero-order valence-corrected chi connectivity index (χ0v) is 20.7. The number of benzene rings is 2. The van der Waals surface area contributed by atoms with Crippen LogP contribution in [0, 0.1) is 6.92 Å². The van der Waals surface area contributed by atoms with Gasteiger partial charge in [0, 0.05) is 54.9 Å². The Morgan fingerprint density at radius 3 is 2.24 bits per heavy atom. The second-order valence-corrected chi connectivity index (χ2v) is 11.2. The molecular formula is C27H30N4O2S. The molecule has 1 fully saturated rings. The van der Waals surface area contributed by atoms with E-state index in [4.69, 9.17) is 0 Å². The number of fused-ring (bicyclic) bond motifs is 1. The van der Waals surface area contributed by atoms with Crippen molar-refractivity contribution in [2.45, 2.75) is 44.0 Å². The smallest absolute Gasteiger partial charge is 0.225 e. The number of sulfone groups is 1. The van der Waals surface area contributed by atoms with E-state index in [2.05, 4.69) is 57.7 Å². The largest absolute Gasteiger partial charge is 0.344 e. The van der Waals surface area contributed by atoms with Crippen LogP contribution in [0.15, 0.2) is 66.0 Å². The van der Waals surface area contributed by atoms with Crippen LogP contribution in [0.1, 0.15) is 36.9 Å². The van der Waals surface area contributed by atoms with E-state index in [9.17, 15) is 8.42 Å². The summed E-state index contributed by atoms with van der Waals surface area (Å²) in [6.07, 6.45) is 10.4. The number of nitrogens with zero attached hydrogens (tertiary/aromatic N) is 4. The molecule has 0 aliphatic carbocycles. The highest BCUT2D eigenvalue weighted by molar-refractivity contribution is 7.90. The molecular weight excluding hydrogens is 444 g/mol. The van der Waals surface area contributed by atoms with Gasteiger partial charge in [-0.25, -0.2) is 18.4 Å². The molecule has 0 spiro atoms. The molecule has 0 atom stereocenters. The van der Waals surface area contributed by atoms with Crippen molar-refractivity contribution in [1.82, 2.24) is 14.5 Å². The summed E-state index contributed by atoms with van der Waals surface area (Å²) in [5.41, 5.74) is 5.78. The maximum absolute atomic E-state index is 11.8. The first-order valence-electron chi connectivity index (χ1n) is 11.8. The van der Waals surface area contributed by atoms with Crippen LogP contribution in [0.2, 0.25) is 0 Å². The normalized spacial score (nSPS) is 15.2. The number of hydrogen-bond donors (Lipinski definition) is 0. The molecule has 0 amide bonds. The quantitative estimate of drug-likeness (QED) is 0.397. The van der Waals surface area contributed by atoms with E-state index in [-0.39, 0.29) is 0 Å². The first-order valence-corrected chi connectivity index (χ1v) is 13.7. The molecule has 7 heteroatoms. The van der Waals surface area contributed by atoms with Crippen molar-refractivity contribution in [3.8, 4) is 11.1 Å². The van der Waals surface area contributed by atoms with Gasteiger partial charge in [0.2, 0.25) is 5.95 Å². The Labute approximate surface area is 201 Å². The average Bonchev–Trinajstić information content (AvgIpc) is 3.19. The molecule has 0 unspecified atom stereocenters. The van der Waals surface area contributed by atoms with Gasteiger partial charge in [0.05, 0.1) is 4.90 Å². The lowest BCUT2D eigenvalue weighted by Gasteiger charge is -2.33. The van der Waals surface area contributed by atoms with Gasteiger partial charge in [0.15, 0.2) is 9.84 Å². The zero-order valence-electron chi connectivity index (χ0n) is 19.9. The van der Waals surface area contributed by atoms with Crippen LogP contribution in [0.3, 0.4) is 0 Å². The summed E-state index contributed by atoms with van der Waals surface area (Å²) in [4.78, 5) is 11.7. The third kappa shape index (κ3) is 4.32. The Kier molecular flexibility index (Phi) is 5.90. The Bertz CT molecular complexity index is 1420. The van der Waals surface area contributed by atoms with E-state index < -0.39 is 9.84 Å². The van der Waals surface area contributed by atoms with Gasteiger partial charge in [-0.05, 0) is 72.7 Å². The zero-order chi connectivity index (χ0) is 23.9. The second-order valence-electron chi connectivity index (χ2n) is 9.21. The predicted octanol–water partition coefficient (Wildman–Crippen LogP) is 5.21. The van der Waals surface area contributed by atoms with Crippen molar-refractivity contribution in [3.05, 3.63) is 72.2 Å². The summed E-state index contributed by atoms with van der Waals surface area (Å²) in [7, 11) is -3.19. The number of aromatic nitrogens is 3. The van der Waals surface area contributed by atoms with E-state index in [1.807, 2.05) is 24.5 Å². The van der Waals surface area contributed by atoms with Crippen LogP contribution in [-0.2, 0) is 16.3 Å². The standard InChI is InChI=1S/C27H30N4O2S/c1-4-20-16-28-27(29-17-20)30-13-11-23(12-14-30)31-18-19(2)25-15-22(7-10-26(25)31)21-5-8-24(9-6-21)34(3,32)33/h5-10,15-18,23H,4,11-14H2,1-3H3. The topological polar surface area (TPSA) is 68.1 Å². The fraction of sp³-hybridized carbons (Fsp3) is 0.333. The summed E-state index contributed by atoms with van der Waals surface area (Å²) in [6, 6.07) is 14.1. The van der Waals surface area contributed by atoms with Crippen LogP contribution in [0.25, 0.3) is 22.0 Å². The van der Waals surface area contributed by atoms with E-state index in [1.54, 1.807) is 12.1 Å². The molecule has 1 aliphatic rings. The Hall–Kier alpha value is -3.19. The van der Waals surface area contributed by atoms with Gasteiger partial charge in [-0.2, -0.15) is 0 Å². The summed E-state index contributed by atoms with van der Waals surface area (Å²) in [5, 5.41) is 1.24. The van der Waals surface area contributed by atoms with Gasteiger partial charge >= 0.3 is 0 Å². The third-order valence-corrected chi connectivity index (χ3v) is 8.02. The summed E-state index contributed by atoms with van der Waals surface area (Å²) in [5.74, 6) is 0.829. The number of aryl methyl sites for hydroxylation is 2. The molecule has 2 aromatic carbocycles. The number of hydrogen-bond acceptors (Lipinski definition) is 5. The number of anilines is 1. The highest BCUT2D eigenvalue weighted by atomic mass is 32.2. The first kappa shape index (κ1) is 22.6. The molecule has 0 N–H and O–H groups in total. The van der Waals surface area contributed by atoms with E-state index in [0.29, 0.717) is 10.9 Å². The molecule has 1 saturated heterocycles. The molecule has 176 valence electrons. The summed E-state index contributed by atoms with van der Waals surface area (Å²) < 4.78 is 26.0. The van der Waals surface area contributed by atoms with Gasteiger partial charge < -0.3 is 9.47 Å². The average molecular weight is 475 g/mol. The fourth-order valence-corrected chi connectivity index (χ4v) is 5.47. The van der Waals surface area contributed by atoms with Crippen LogP contribution in [0.5, 0.6) is 0 Å². The molecule has 0 bridgehead atoms. The molecule has 4 aromatic rings. The van der Waals surface area contributed by atoms with E-state index in [1.165, 1.54) is 28.3 Å². The monoisotopic (exact) mass is 474 g/mol. The van der Waals surface area contributed by atoms with Crippen LogP contribution >= 0.6 is 0 Å². The van der Waals surface area contributed by atoms with Gasteiger partial charge in [-0.3, -0.25) is 0 Å². The van der Waals surface area contributed by atoms with Gasteiger partial charge in [0.25, 0.3) is 0 Å². The van der Waals surface area contributed by atoms with Crippen molar-refractivity contribution in [2.24, 2.45) is 0 Å². The summed E-state index contributed by atoms with van der Waals surface area (Å²) in [6.45, 7) is 6.16. The van der Waals surface area contributed by atoms with Crippen molar-refractivity contribution in [2.75, 3.05) is 24.2 Å². The lowest BCUT2D eigenvalue weighted by Crippen LogP contribution is -2.35. The first-order chi connectivity index (χ1) is 16.3. The van der Waals surface area contributed by atoms with Gasteiger partial charge in [-0.1, -0.05) is 25.1 Å². The van der Waals surface area contributed by atoms with Crippen LogP contribution < -0.4 is 4.90 Å². The van der Waals surface area contributed by atoms with Crippen LogP contribution in [-0.4, -0.2) is 42.3 Å². The van der Waals surface area contributed by atoms with E-state index in [0.717, 1.165) is 49.4 Å². The van der Waals surface area contributed by atoms with Gasteiger partial charge in [0.1, 0.15) is 0 Å². The van der Waals surface area contributed by atoms with Crippen molar-refractivity contribution in [1.29, 1.82) is 0 Å². The molecule has 0 radical (unpaired) electrons. The molecule has 34 heavy (non-hydrogen) atoms. The van der Waals surface area contributed by atoms with Gasteiger partial charge in [-0.15, -0.1) is 0 Å². The van der Waals surface area contributed by atoms with Crippen LogP contribution in [0.4, 0.5) is 5.95 Å². The minimum absolute atomic E-state index is 0.345. The minimum atomic E-state index is -3.19.